The number of pyridine rings is 6. The number of anilines is 3. The number of likely N-dealkylation sites (N-methyl/N-ethyl adjacent to an activating group) is 1. The van der Waals surface area contributed by atoms with E-state index in [1.165, 1.54) is 11.0 Å². The van der Waals surface area contributed by atoms with Crippen molar-refractivity contribution in [3.8, 4) is 67.2 Å². The first-order valence-electron chi connectivity index (χ1n) is 36.3. The molecule has 29 nitrogen and oxygen atoms in total. The smallest absolute Gasteiger partial charge is 0.413 e. The molecule has 0 saturated carbocycles. The van der Waals surface area contributed by atoms with Gasteiger partial charge in [-0.05, 0) is 172 Å². The summed E-state index contributed by atoms with van der Waals surface area (Å²) in [6.45, 7) is 20.1. The van der Waals surface area contributed by atoms with Crippen LogP contribution in [-0.2, 0) is 34.3 Å². The van der Waals surface area contributed by atoms with Gasteiger partial charge in [-0.25, -0.2) is 29.3 Å². The first-order chi connectivity index (χ1) is 52.6. The number of aromatic nitrogens is 12. The lowest BCUT2D eigenvalue weighted by Gasteiger charge is -2.26. The molecule has 6 amide bonds. The quantitative estimate of drug-likeness (QED) is 0.0396. The van der Waals surface area contributed by atoms with Crippen LogP contribution in [0.4, 0.5) is 32.2 Å². The highest BCUT2D eigenvalue weighted by Gasteiger charge is 2.26. The van der Waals surface area contributed by atoms with Crippen molar-refractivity contribution in [2.24, 2.45) is 7.05 Å². The number of benzene rings is 3. The number of carbonyl (C=O) groups is 4. The number of urea groups is 2. The number of fused-ring (bicyclic) bond motifs is 3. The molecule has 0 spiro atoms. The van der Waals surface area contributed by atoms with Gasteiger partial charge in [-0.1, -0.05) is 25.1 Å². The molecular formula is C79H86N20O9. The summed E-state index contributed by atoms with van der Waals surface area (Å²) in [5.74, 6) is 0.859. The lowest BCUT2D eigenvalue weighted by atomic mass is 9.99. The molecule has 9 aromatic heterocycles. The van der Waals surface area contributed by atoms with Gasteiger partial charge in [0.2, 0.25) is 17.8 Å². The summed E-state index contributed by atoms with van der Waals surface area (Å²) in [6.07, 6.45) is 10.4. The second-order valence-electron chi connectivity index (χ2n) is 26.1. The molecule has 0 bridgehead atoms. The summed E-state index contributed by atoms with van der Waals surface area (Å²) in [4.78, 5) is 123. The van der Waals surface area contributed by atoms with E-state index in [2.05, 4.69) is 112 Å². The lowest BCUT2D eigenvalue weighted by molar-refractivity contribution is 0.0302. The van der Waals surface area contributed by atoms with E-state index >= 15 is 0 Å². The highest BCUT2D eigenvalue weighted by atomic mass is 16.5. The molecule has 3 aromatic carbocycles. The standard InChI is InChI=1S/C28H33N7O2.C26H27N7O4.C25H26N6O3/c1-4-29-28(37)33-27-31-24-15-20(14-22(26(24)32-27)23-10-6-7-11-30-23)19-13-18(3)35(25(36)16-19)17-21-9-8-12-34(21)5-2;1-3-27-26(36)31-25-29-21-13-18(16-6-7-32(2)22(34)14-16)12-19(23(21)30-25)20-5-4-17(15-28-20)24(35)33-8-10-37-11-9-33;1-2-34-25(32)30-24-28-22-14-18(13-20(23(22)29-24)21-5-3-4-8-26-21)17-6-7-19(27-15-17)16-31-9-11-33-12-10-31/h6-7,10-11,13-16,21H,4-5,8-9,12,17H2,1-3H3,(H3,29,31,32,33,37);4-7,12-15H,3,8-11H2,1-2H3,(H3,27,29,30,31,36);3-8,13-15H,2,9-12,16H2,1H3,(H2,28,29,30,32). The highest BCUT2D eigenvalue weighted by molar-refractivity contribution is 6.01. The third kappa shape index (κ3) is 17.6. The van der Waals surface area contributed by atoms with E-state index in [0.717, 1.165) is 131 Å². The van der Waals surface area contributed by atoms with Crippen molar-refractivity contribution in [1.29, 1.82) is 0 Å². The van der Waals surface area contributed by atoms with Gasteiger partial charge >= 0.3 is 18.2 Å². The van der Waals surface area contributed by atoms with Crippen LogP contribution in [0.25, 0.3) is 100 Å². The van der Waals surface area contributed by atoms with Crippen molar-refractivity contribution in [2.75, 3.05) is 101 Å². The molecule has 1 unspecified atom stereocenters. The number of imidazole rings is 3. The summed E-state index contributed by atoms with van der Waals surface area (Å²) in [6, 6.07) is 37.9. The van der Waals surface area contributed by atoms with Crippen LogP contribution in [0.1, 0.15) is 62.3 Å². The minimum absolute atomic E-state index is 0.000592. The molecule has 556 valence electrons. The van der Waals surface area contributed by atoms with E-state index in [0.29, 0.717) is 103 Å². The zero-order valence-electron chi connectivity index (χ0n) is 61.1. The largest absolute Gasteiger partial charge is 0.450 e. The monoisotopic (exact) mass is 1460 g/mol. The molecule has 3 saturated heterocycles. The second kappa shape index (κ2) is 34.3. The van der Waals surface area contributed by atoms with Gasteiger partial charge in [-0.3, -0.25) is 60.1 Å². The summed E-state index contributed by atoms with van der Waals surface area (Å²) >= 11 is 0. The molecule has 0 aliphatic carbocycles. The van der Waals surface area contributed by atoms with Crippen LogP contribution in [0, 0.1) is 6.92 Å². The Kier molecular flexibility index (Phi) is 23.5. The van der Waals surface area contributed by atoms with Crippen LogP contribution in [-0.4, -0.2) is 189 Å². The number of carbonyl (C=O) groups excluding carboxylic acids is 4. The number of ether oxygens (including phenoxy) is 3. The van der Waals surface area contributed by atoms with Gasteiger partial charge in [-0.2, -0.15) is 0 Å². The number of likely N-dealkylation sites (tertiary alicyclic amines) is 1. The molecule has 3 fully saturated rings. The van der Waals surface area contributed by atoms with Gasteiger partial charge in [-0.15, -0.1) is 0 Å². The maximum Gasteiger partial charge on any atom is 0.413 e. The zero-order chi connectivity index (χ0) is 75.2. The van der Waals surface area contributed by atoms with Gasteiger partial charge in [0, 0.05) is 137 Å². The average molecular weight is 1460 g/mol. The third-order valence-electron chi connectivity index (χ3n) is 18.9. The molecule has 3 aliphatic heterocycles. The minimum Gasteiger partial charge on any atom is -0.450 e. The summed E-state index contributed by atoms with van der Waals surface area (Å²) in [5.41, 5.74) is 16.2. The first kappa shape index (κ1) is 74.0. The maximum absolute atomic E-state index is 13.3. The Morgan fingerprint density at radius 2 is 1.10 bits per heavy atom. The molecule has 108 heavy (non-hydrogen) atoms. The predicted molar refractivity (Wildman–Crippen MR) is 415 cm³/mol. The fourth-order valence-electron chi connectivity index (χ4n) is 13.4. The molecule has 8 N–H and O–H groups in total. The normalized spacial score (nSPS) is 14.5. The number of nitrogens with zero attached hydrogens (tertiary/aromatic N) is 12. The van der Waals surface area contributed by atoms with Crippen molar-refractivity contribution < 1.29 is 33.4 Å². The van der Waals surface area contributed by atoms with Crippen molar-refractivity contribution in [3.63, 3.8) is 0 Å². The van der Waals surface area contributed by atoms with Crippen molar-refractivity contribution in [3.05, 3.63) is 190 Å². The van der Waals surface area contributed by atoms with Gasteiger partial charge in [0.25, 0.3) is 17.0 Å². The topological polar surface area (TPSA) is 347 Å². The maximum atomic E-state index is 13.3. The van der Waals surface area contributed by atoms with Crippen molar-refractivity contribution in [2.45, 2.75) is 66.6 Å². The van der Waals surface area contributed by atoms with Gasteiger partial charge < -0.3 is 53.8 Å². The summed E-state index contributed by atoms with van der Waals surface area (Å²) in [7, 11) is 1.69. The number of aromatic amines is 3. The number of aryl methyl sites for hydroxylation is 2. The Morgan fingerprint density at radius 1 is 0.556 bits per heavy atom. The molecular weight excluding hydrogens is 1370 g/mol. The molecule has 3 aliphatic rings. The lowest BCUT2D eigenvalue weighted by Crippen LogP contribution is -2.40. The molecule has 15 rings (SSSR count). The van der Waals surface area contributed by atoms with Gasteiger partial charge in [0.05, 0.1) is 94.5 Å². The number of rotatable bonds is 18. The van der Waals surface area contributed by atoms with Crippen LogP contribution in [0.15, 0.2) is 162 Å². The summed E-state index contributed by atoms with van der Waals surface area (Å²) < 4.78 is 19.1. The Hall–Kier alpha value is -12.3. The number of H-pyrrole nitrogens is 3. The Labute approximate surface area is 622 Å². The van der Waals surface area contributed by atoms with Crippen molar-refractivity contribution >= 4 is 75.0 Å². The first-order valence-corrected chi connectivity index (χ1v) is 36.3. The van der Waals surface area contributed by atoms with Crippen LogP contribution in [0.5, 0.6) is 0 Å². The van der Waals surface area contributed by atoms with Crippen LogP contribution < -0.4 is 37.7 Å². The van der Waals surface area contributed by atoms with Crippen LogP contribution in [0.2, 0.25) is 0 Å². The fourth-order valence-corrected chi connectivity index (χ4v) is 13.4. The summed E-state index contributed by atoms with van der Waals surface area (Å²) in [5, 5.41) is 13.5. The highest BCUT2D eigenvalue weighted by Crippen LogP contribution is 2.37. The van der Waals surface area contributed by atoms with E-state index in [4.69, 9.17) is 19.2 Å². The van der Waals surface area contributed by atoms with E-state index < -0.39 is 6.09 Å². The number of hydrogen-bond donors (Lipinski definition) is 8. The number of morpholine rings is 2. The zero-order valence-corrected chi connectivity index (χ0v) is 61.1. The molecule has 29 heteroatoms. The average Bonchev–Trinajstić information content (AvgIpc) is 1.49. The molecule has 1 atom stereocenters. The fraction of sp³-hybridized carbons (Fsp3) is 0.304. The van der Waals surface area contributed by atoms with Crippen LogP contribution in [0.3, 0.4) is 0 Å². The SMILES string of the molecule is CCNC(=O)Nc1nc2c(-c3ccc(C(=O)N4CCOCC4)cn3)cc(-c3ccn(C)c(=O)c3)cc2[nH]1.CCNC(=O)Nc1nc2c(-c3ccccn3)cc(-c3cc(C)n(CC4CCCN4CC)c(=O)c3)cc2[nH]1.CCOC(=O)Nc1nc2c(-c3ccccn3)cc(-c3ccc(CN4CCOCC4)nc3)cc2[nH]1. The third-order valence-corrected chi connectivity index (χ3v) is 18.9. The second-order valence-corrected chi connectivity index (χ2v) is 26.1. The minimum atomic E-state index is -0.554. The Balaban J connectivity index is 0.000000143. The number of nitrogens with one attached hydrogen (secondary N) is 8. The Bertz CT molecular complexity index is 5300. The Morgan fingerprint density at radius 3 is 1.61 bits per heavy atom. The van der Waals surface area contributed by atoms with E-state index in [9.17, 15) is 28.8 Å². The number of amides is 6. The van der Waals surface area contributed by atoms with Crippen LogP contribution >= 0.6 is 0 Å². The number of hydrogen-bond acceptors (Lipinski definition) is 18. The van der Waals surface area contributed by atoms with Crippen molar-refractivity contribution in [1.82, 2.24) is 84.3 Å². The molecule has 12 aromatic rings. The predicted octanol–water partition coefficient (Wildman–Crippen LogP) is 11.1. The molecule has 0 radical (unpaired) electrons. The van der Waals surface area contributed by atoms with E-state index in [1.807, 2.05) is 104 Å². The van der Waals surface area contributed by atoms with E-state index in [-0.39, 0.29) is 41.6 Å². The van der Waals surface area contributed by atoms with Gasteiger partial charge in [0.15, 0.2) is 0 Å². The van der Waals surface area contributed by atoms with Gasteiger partial charge in [0.1, 0.15) is 0 Å². The van der Waals surface area contributed by atoms with E-state index in [1.54, 1.807) is 67.9 Å². The molecule has 12 heterocycles.